The van der Waals surface area contributed by atoms with Gasteiger partial charge in [-0.1, -0.05) is 19.3 Å². The van der Waals surface area contributed by atoms with E-state index in [0.717, 1.165) is 12.8 Å². The van der Waals surface area contributed by atoms with Crippen LogP contribution in [-0.2, 0) is 14.3 Å². The Labute approximate surface area is 116 Å². The highest BCUT2D eigenvalue weighted by Crippen LogP contribution is 2.26. The van der Waals surface area contributed by atoms with Crippen molar-refractivity contribution in [1.82, 2.24) is 5.32 Å². The first kappa shape index (κ1) is 14.8. The van der Waals surface area contributed by atoms with Crippen LogP contribution in [0.5, 0.6) is 0 Å². The predicted octanol–water partition coefficient (Wildman–Crippen LogP) is 2.41. The van der Waals surface area contributed by atoms with Gasteiger partial charge in [0.15, 0.2) is 0 Å². The highest BCUT2D eigenvalue weighted by atomic mass is 16.5. The maximum Gasteiger partial charge on any atom is 0.325 e. The van der Waals surface area contributed by atoms with Crippen LogP contribution in [0, 0.1) is 0 Å². The Bertz CT molecular complexity index is 298. The van der Waals surface area contributed by atoms with Crippen molar-refractivity contribution in [1.29, 1.82) is 0 Å². The maximum absolute atomic E-state index is 11.9. The van der Waals surface area contributed by atoms with E-state index in [-0.39, 0.29) is 5.97 Å². The van der Waals surface area contributed by atoms with E-state index in [0.29, 0.717) is 25.2 Å². The molecule has 2 fully saturated rings. The Morgan fingerprint density at radius 2 is 1.89 bits per heavy atom. The third-order valence-electron chi connectivity index (χ3n) is 4.24. The fourth-order valence-electron chi connectivity index (χ4n) is 2.80. The smallest absolute Gasteiger partial charge is 0.325 e. The topological polar surface area (TPSA) is 47.6 Å². The van der Waals surface area contributed by atoms with Crippen molar-refractivity contribution >= 4 is 5.97 Å². The molecule has 2 rings (SSSR count). The minimum atomic E-state index is -0.593. The number of ether oxygens (including phenoxy) is 2. The molecule has 0 bridgehead atoms. The molecule has 0 saturated heterocycles. The molecular formula is C15H27NO3. The fraction of sp³-hybridized carbons (Fsp3) is 0.933. The lowest BCUT2D eigenvalue weighted by Gasteiger charge is -2.29. The number of methoxy groups -OCH3 is 1. The second-order valence-electron chi connectivity index (χ2n) is 6.12. The van der Waals surface area contributed by atoms with Crippen LogP contribution >= 0.6 is 0 Å². The van der Waals surface area contributed by atoms with Crippen molar-refractivity contribution in [3.63, 3.8) is 0 Å². The van der Waals surface area contributed by atoms with Gasteiger partial charge in [-0.15, -0.1) is 0 Å². The Hall–Kier alpha value is -0.610. The highest BCUT2D eigenvalue weighted by Gasteiger charge is 2.39. The van der Waals surface area contributed by atoms with Gasteiger partial charge in [0.2, 0.25) is 0 Å². The molecule has 2 aliphatic rings. The zero-order valence-electron chi connectivity index (χ0n) is 12.2. The van der Waals surface area contributed by atoms with Gasteiger partial charge in [0.05, 0.1) is 13.2 Å². The van der Waals surface area contributed by atoms with Crippen LogP contribution in [0.15, 0.2) is 0 Å². The summed E-state index contributed by atoms with van der Waals surface area (Å²) in [5.41, 5.74) is -0.593. The standard InChI is InChI=1S/C15H27NO3/c1-15(14(17)18-2,16-12-8-9-12)10-11-19-13-6-4-3-5-7-13/h12-13,16H,3-11H2,1-2H3. The molecule has 1 N–H and O–H groups in total. The van der Waals surface area contributed by atoms with Gasteiger partial charge in [-0.25, -0.2) is 0 Å². The zero-order valence-corrected chi connectivity index (χ0v) is 12.2. The largest absolute Gasteiger partial charge is 0.468 e. The van der Waals surface area contributed by atoms with Gasteiger partial charge < -0.3 is 9.47 Å². The summed E-state index contributed by atoms with van der Waals surface area (Å²) in [6.07, 6.45) is 9.65. The predicted molar refractivity (Wildman–Crippen MR) is 74.0 cm³/mol. The Morgan fingerprint density at radius 1 is 1.21 bits per heavy atom. The van der Waals surface area contributed by atoms with Crippen molar-refractivity contribution in [2.24, 2.45) is 0 Å². The molecule has 0 aromatic rings. The molecule has 0 aromatic heterocycles. The lowest BCUT2D eigenvalue weighted by molar-refractivity contribution is -0.149. The molecular weight excluding hydrogens is 242 g/mol. The van der Waals surface area contributed by atoms with Gasteiger partial charge in [-0.2, -0.15) is 0 Å². The third-order valence-corrected chi connectivity index (χ3v) is 4.24. The first-order valence-corrected chi connectivity index (χ1v) is 7.62. The molecule has 0 heterocycles. The second kappa shape index (κ2) is 6.71. The van der Waals surface area contributed by atoms with Gasteiger partial charge >= 0.3 is 5.97 Å². The van der Waals surface area contributed by atoms with Crippen LogP contribution in [0.1, 0.15) is 58.3 Å². The van der Waals surface area contributed by atoms with Crippen molar-refractivity contribution in [3.05, 3.63) is 0 Å². The van der Waals surface area contributed by atoms with Crippen LogP contribution in [0.2, 0.25) is 0 Å². The van der Waals surface area contributed by atoms with Crippen molar-refractivity contribution < 1.29 is 14.3 Å². The molecule has 19 heavy (non-hydrogen) atoms. The van der Waals surface area contributed by atoms with Crippen molar-refractivity contribution in [2.45, 2.75) is 76.0 Å². The van der Waals surface area contributed by atoms with Crippen LogP contribution in [0.25, 0.3) is 0 Å². The summed E-state index contributed by atoms with van der Waals surface area (Å²) in [6.45, 7) is 2.57. The summed E-state index contributed by atoms with van der Waals surface area (Å²) in [6, 6.07) is 0.485. The van der Waals surface area contributed by atoms with E-state index in [1.165, 1.54) is 39.2 Å². The minimum absolute atomic E-state index is 0.174. The fourth-order valence-corrected chi connectivity index (χ4v) is 2.80. The highest BCUT2D eigenvalue weighted by molar-refractivity contribution is 5.80. The molecule has 0 amide bonds. The summed E-state index contributed by atoms with van der Waals surface area (Å²) in [5.74, 6) is -0.174. The number of hydrogen-bond donors (Lipinski definition) is 1. The summed E-state index contributed by atoms with van der Waals surface area (Å²) in [4.78, 5) is 11.9. The van der Waals surface area contributed by atoms with E-state index in [1.807, 2.05) is 6.92 Å². The van der Waals surface area contributed by atoms with E-state index in [9.17, 15) is 4.79 Å². The summed E-state index contributed by atoms with van der Waals surface area (Å²) >= 11 is 0. The lowest BCUT2D eigenvalue weighted by atomic mass is 9.96. The Balaban J connectivity index is 1.76. The van der Waals surface area contributed by atoms with Crippen LogP contribution in [-0.4, -0.2) is 37.4 Å². The number of rotatable bonds is 7. The van der Waals surface area contributed by atoms with Crippen molar-refractivity contribution in [3.8, 4) is 0 Å². The first-order chi connectivity index (χ1) is 9.14. The Morgan fingerprint density at radius 3 is 2.47 bits per heavy atom. The number of esters is 1. The average molecular weight is 269 g/mol. The molecule has 110 valence electrons. The second-order valence-corrected chi connectivity index (χ2v) is 6.12. The summed E-state index contributed by atoms with van der Waals surface area (Å²) in [5, 5.41) is 3.40. The molecule has 0 radical (unpaired) electrons. The molecule has 2 aliphatic carbocycles. The van der Waals surface area contributed by atoms with Gasteiger partial charge in [-0.3, -0.25) is 10.1 Å². The zero-order chi connectivity index (χ0) is 13.7. The van der Waals surface area contributed by atoms with Gasteiger partial charge in [-0.05, 0) is 39.0 Å². The number of nitrogens with one attached hydrogen (secondary N) is 1. The number of hydrogen-bond acceptors (Lipinski definition) is 4. The molecule has 2 saturated carbocycles. The summed E-state index contributed by atoms with van der Waals surface area (Å²) < 4.78 is 10.9. The summed E-state index contributed by atoms with van der Waals surface area (Å²) in [7, 11) is 1.46. The van der Waals surface area contributed by atoms with Crippen molar-refractivity contribution in [2.75, 3.05) is 13.7 Å². The van der Waals surface area contributed by atoms with E-state index >= 15 is 0 Å². The van der Waals surface area contributed by atoms with Crippen LogP contribution < -0.4 is 5.32 Å². The third kappa shape index (κ3) is 4.46. The first-order valence-electron chi connectivity index (χ1n) is 7.62. The maximum atomic E-state index is 11.9. The van der Waals surface area contributed by atoms with Gasteiger partial charge in [0, 0.05) is 12.6 Å². The van der Waals surface area contributed by atoms with Crippen LogP contribution in [0.4, 0.5) is 0 Å². The van der Waals surface area contributed by atoms with Crippen LogP contribution in [0.3, 0.4) is 0 Å². The van der Waals surface area contributed by atoms with E-state index in [2.05, 4.69) is 5.32 Å². The van der Waals surface area contributed by atoms with E-state index in [1.54, 1.807) is 0 Å². The normalized spacial score (nSPS) is 23.9. The molecule has 0 spiro atoms. The van der Waals surface area contributed by atoms with Gasteiger partial charge in [0.1, 0.15) is 5.54 Å². The van der Waals surface area contributed by atoms with Gasteiger partial charge in [0.25, 0.3) is 0 Å². The SMILES string of the molecule is COC(=O)C(C)(CCOC1CCCCC1)NC1CC1. The monoisotopic (exact) mass is 269 g/mol. The Kier molecular flexibility index (Phi) is 5.22. The number of carbonyl (C=O) groups excluding carboxylic acids is 1. The molecule has 4 heteroatoms. The molecule has 1 atom stereocenters. The number of carbonyl (C=O) groups is 1. The quantitative estimate of drug-likeness (QED) is 0.721. The minimum Gasteiger partial charge on any atom is -0.468 e. The average Bonchev–Trinajstić information content (AvgIpc) is 3.22. The molecule has 0 aliphatic heterocycles. The van der Waals surface area contributed by atoms with E-state index in [4.69, 9.17) is 9.47 Å². The lowest BCUT2D eigenvalue weighted by Crippen LogP contribution is -2.52. The molecule has 4 nitrogen and oxygen atoms in total. The molecule has 1 unspecified atom stereocenters. The van der Waals surface area contributed by atoms with E-state index < -0.39 is 5.54 Å². The molecule has 0 aromatic carbocycles.